The summed E-state index contributed by atoms with van der Waals surface area (Å²) in [5, 5.41) is 0. The molecule has 0 rings (SSSR count). The number of hydrogen-bond acceptors (Lipinski definition) is 4. The van der Waals surface area contributed by atoms with Crippen LogP contribution in [0, 0.1) is 0 Å². The molecule has 0 bridgehead atoms. The first-order chi connectivity index (χ1) is 5.99. The fourth-order valence-corrected chi connectivity index (χ4v) is 1.67. The Kier molecular flexibility index (Phi) is 11.3. The van der Waals surface area contributed by atoms with E-state index in [1.807, 2.05) is 6.92 Å². The van der Waals surface area contributed by atoms with E-state index < -0.39 is 16.5 Å². The summed E-state index contributed by atoms with van der Waals surface area (Å²) < 4.78 is 35.1. The fraction of sp³-hybridized carbons (Fsp3) is 1.00. The monoisotopic (exact) mass is 232 g/mol. The van der Waals surface area contributed by atoms with Crippen LogP contribution < -0.4 is 29.6 Å². The summed E-state index contributed by atoms with van der Waals surface area (Å²) in [6.07, 6.45) is 3.79. The van der Waals surface area contributed by atoms with E-state index in [0.717, 1.165) is 19.3 Å². The van der Waals surface area contributed by atoms with Crippen LogP contribution in [0.4, 0.5) is 0 Å². The van der Waals surface area contributed by atoms with Crippen LogP contribution in [0.2, 0.25) is 0 Å². The molecule has 0 aliphatic heterocycles. The van der Waals surface area contributed by atoms with Gasteiger partial charge < -0.3 is 4.55 Å². The first-order valence-corrected chi connectivity index (χ1v) is 5.97. The van der Waals surface area contributed by atoms with Crippen molar-refractivity contribution in [3.05, 3.63) is 0 Å². The molecule has 0 aliphatic rings. The van der Waals surface area contributed by atoms with E-state index in [2.05, 4.69) is 11.1 Å². The van der Waals surface area contributed by atoms with Gasteiger partial charge in [-0.25, -0.2) is 8.42 Å². The molecule has 0 aromatic rings. The van der Waals surface area contributed by atoms with Crippen molar-refractivity contribution in [1.29, 1.82) is 0 Å². The molecule has 0 unspecified atom stereocenters. The topological polar surface area (TPSA) is 66.4 Å². The van der Waals surface area contributed by atoms with E-state index in [4.69, 9.17) is 0 Å². The van der Waals surface area contributed by atoms with E-state index in [-0.39, 0.29) is 29.6 Å². The molecule has 1 atom stereocenters. The van der Waals surface area contributed by atoms with Crippen molar-refractivity contribution in [2.75, 3.05) is 0 Å². The summed E-state index contributed by atoms with van der Waals surface area (Å²) in [5.74, 6) is 0. The van der Waals surface area contributed by atoms with E-state index in [9.17, 15) is 13.0 Å². The van der Waals surface area contributed by atoms with Gasteiger partial charge in [-0.1, -0.05) is 33.1 Å². The third kappa shape index (κ3) is 10.9. The van der Waals surface area contributed by atoms with Crippen LogP contribution in [0.3, 0.4) is 0 Å². The second-order valence-electron chi connectivity index (χ2n) is 3.03. The average Bonchev–Trinajstić information content (AvgIpc) is 2.01. The van der Waals surface area contributed by atoms with Crippen LogP contribution in [0.25, 0.3) is 0 Å². The first-order valence-electron chi connectivity index (χ1n) is 4.63. The van der Waals surface area contributed by atoms with Gasteiger partial charge in [0.2, 0.25) is 10.4 Å². The Morgan fingerprint density at radius 2 is 1.86 bits per heavy atom. The molecule has 0 heterocycles. The fourth-order valence-electron chi connectivity index (χ4n) is 1.11. The van der Waals surface area contributed by atoms with Crippen molar-refractivity contribution in [1.82, 2.24) is 0 Å². The van der Waals surface area contributed by atoms with Gasteiger partial charge in [0.05, 0.1) is 6.10 Å². The van der Waals surface area contributed by atoms with Crippen molar-refractivity contribution in [2.24, 2.45) is 0 Å². The maximum absolute atomic E-state index is 10.3. The van der Waals surface area contributed by atoms with Gasteiger partial charge in [-0.3, -0.25) is 4.18 Å². The minimum Gasteiger partial charge on any atom is -0.726 e. The van der Waals surface area contributed by atoms with Gasteiger partial charge in [0, 0.05) is 0 Å². The Morgan fingerprint density at radius 1 is 1.29 bits per heavy atom. The molecule has 4 nitrogen and oxygen atoms in total. The Labute approximate surface area is 109 Å². The zero-order valence-electron chi connectivity index (χ0n) is 9.15. The van der Waals surface area contributed by atoms with Crippen LogP contribution >= 0.6 is 0 Å². The molecule has 0 N–H and O–H groups in total. The molecule has 80 valence electrons. The summed E-state index contributed by atoms with van der Waals surface area (Å²) in [4.78, 5) is 0. The standard InChI is InChI=1S/C8H18O4S.Na/c1-3-5-6-7-8(4-2)12-13(9,10)11;/h8H,3-7H2,1-2H3,(H,9,10,11);/q;+1/p-1/t8-;/m1./s1. The SMILES string of the molecule is CCCCC[C@@H](CC)OS(=O)(=O)[O-].[Na+]. The summed E-state index contributed by atoms with van der Waals surface area (Å²) in [5.41, 5.74) is 0. The van der Waals surface area contributed by atoms with Crippen LogP contribution in [-0.2, 0) is 14.6 Å². The largest absolute Gasteiger partial charge is 1.00 e. The molecule has 0 aromatic carbocycles. The Balaban J connectivity index is 0. The van der Waals surface area contributed by atoms with Crippen molar-refractivity contribution in [2.45, 2.75) is 52.1 Å². The molecule has 0 aromatic heterocycles. The van der Waals surface area contributed by atoms with Crippen LogP contribution in [-0.4, -0.2) is 19.1 Å². The number of rotatable bonds is 7. The van der Waals surface area contributed by atoms with Gasteiger partial charge in [-0.2, -0.15) is 0 Å². The van der Waals surface area contributed by atoms with Gasteiger partial charge in [0.1, 0.15) is 0 Å². The molecule has 0 saturated carbocycles. The maximum Gasteiger partial charge on any atom is 1.00 e. The van der Waals surface area contributed by atoms with Gasteiger partial charge in [0.15, 0.2) is 0 Å². The molecule has 14 heavy (non-hydrogen) atoms. The Morgan fingerprint density at radius 3 is 2.21 bits per heavy atom. The summed E-state index contributed by atoms with van der Waals surface area (Å²) in [6.45, 7) is 3.87. The maximum atomic E-state index is 10.3. The predicted octanol–water partition coefficient (Wildman–Crippen LogP) is -1.17. The van der Waals surface area contributed by atoms with Crippen LogP contribution in [0.5, 0.6) is 0 Å². The smallest absolute Gasteiger partial charge is 0.726 e. The molecule has 0 fully saturated rings. The quantitative estimate of drug-likeness (QED) is 0.240. The van der Waals surface area contributed by atoms with Gasteiger partial charge in [0.25, 0.3) is 0 Å². The molecule has 0 amide bonds. The molecular weight excluding hydrogens is 215 g/mol. The van der Waals surface area contributed by atoms with E-state index in [1.165, 1.54) is 0 Å². The van der Waals surface area contributed by atoms with Crippen LogP contribution in [0.15, 0.2) is 0 Å². The van der Waals surface area contributed by atoms with Crippen LogP contribution in [0.1, 0.15) is 46.0 Å². The zero-order chi connectivity index (χ0) is 10.3. The normalized spacial score (nSPS) is 13.4. The summed E-state index contributed by atoms with van der Waals surface area (Å²) >= 11 is 0. The third-order valence-electron chi connectivity index (χ3n) is 1.84. The second-order valence-corrected chi connectivity index (χ2v) is 4.04. The first kappa shape index (κ1) is 17.3. The third-order valence-corrected chi connectivity index (χ3v) is 2.35. The Bertz CT molecular complexity index is 215. The van der Waals surface area contributed by atoms with E-state index in [1.54, 1.807) is 0 Å². The molecular formula is C8H17NaO4S. The second kappa shape index (κ2) is 9.12. The Hall–Kier alpha value is 0.870. The van der Waals surface area contributed by atoms with Gasteiger partial charge >= 0.3 is 29.6 Å². The minimum absolute atomic E-state index is 0. The van der Waals surface area contributed by atoms with Crippen molar-refractivity contribution >= 4 is 10.4 Å². The van der Waals surface area contributed by atoms with E-state index in [0.29, 0.717) is 12.8 Å². The number of hydrogen-bond donors (Lipinski definition) is 0. The number of unbranched alkanes of at least 4 members (excludes halogenated alkanes) is 2. The summed E-state index contributed by atoms with van der Waals surface area (Å²) in [6, 6.07) is 0. The average molecular weight is 232 g/mol. The zero-order valence-corrected chi connectivity index (χ0v) is 12.0. The molecule has 0 radical (unpaired) electrons. The molecule has 0 saturated heterocycles. The van der Waals surface area contributed by atoms with Gasteiger partial charge in [-0.15, -0.1) is 0 Å². The van der Waals surface area contributed by atoms with Gasteiger partial charge in [-0.05, 0) is 12.8 Å². The molecule has 0 aliphatic carbocycles. The molecule has 6 heteroatoms. The molecule has 0 spiro atoms. The summed E-state index contributed by atoms with van der Waals surface area (Å²) in [7, 11) is -4.52. The minimum atomic E-state index is -4.52. The van der Waals surface area contributed by atoms with Crippen molar-refractivity contribution in [3.8, 4) is 0 Å². The predicted molar refractivity (Wildman–Crippen MR) is 49.0 cm³/mol. The van der Waals surface area contributed by atoms with E-state index >= 15 is 0 Å². The van der Waals surface area contributed by atoms with Crippen molar-refractivity contribution in [3.63, 3.8) is 0 Å². The van der Waals surface area contributed by atoms with Crippen molar-refractivity contribution < 1.29 is 46.7 Å².